The van der Waals surface area contributed by atoms with Gasteiger partial charge in [-0.15, -0.1) is 0 Å². The standard InChI is InChI=1S/C9H12N3O2.C2H4O2.Na/c1-13-9-6-8(10-7-11-9)12-2-4-14-5-3-12;1-2(3)4;/h6H,2-5H2,1H3;1H3,(H,3,4);/q-1;;+1. The average Bonchev–Trinajstić information content (AvgIpc) is 2.39. The summed E-state index contributed by atoms with van der Waals surface area (Å²) in [5.74, 6) is 0.557. The Bertz CT molecular complexity index is 382. The third-order valence-corrected chi connectivity index (χ3v) is 2.12. The molecule has 0 unspecified atom stereocenters. The largest absolute Gasteiger partial charge is 1.00 e. The predicted molar refractivity (Wildman–Crippen MR) is 63.8 cm³/mol. The molecule has 0 bridgehead atoms. The molecule has 100 valence electrons. The molecule has 1 saturated heterocycles. The second-order valence-electron chi connectivity index (χ2n) is 3.49. The van der Waals surface area contributed by atoms with Crippen LogP contribution in [0.1, 0.15) is 6.92 Å². The molecule has 19 heavy (non-hydrogen) atoms. The zero-order valence-electron chi connectivity index (χ0n) is 11.4. The van der Waals surface area contributed by atoms with Gasteiger partial charge in [-0.2, -0.15) is 0 Å². The molecule has 7 nitrogen and oxygen atoms in total. The van der Waals surface area contributed by atoms with Crippen molar-refractivity contribution in [1.29, 1.82) is 0 Å². The third kappa shape index (κ3) is 7.31. The number of carboxylic acids is 1. The Morgan fingerprint density at radius 3 is 2.58 bits per heavy atom. The summed E-state index contributed by atoms with van der Waals surface area (Å²) in [4.78, 5) is 19.0. The van der Waals surface area contributed by atoms with E-state index in [0.29, 0.717) is 5.88 Å². The number of ether oxygens (including phenoxy) is 2. The van der Waals surface area contributed by atoms with E-state index in [-0.39, 0.29) is 29.6 Å². The van der Waals surface area contributed by atoms with Crippen molar-refractivity contribution in [1.82, 2.24) is 9.97 Å². The van der Waals surface area contributed by atoms with E-state index in [9.17, 15) is 0 Å². The topological polar surface area (TPSA) is 84.8 Å². The number of nitrogens with zero attached hydrogens (tertiary/aromatic N) is 3. The first-order valence-electron chi connectivity index (χ1n) is 5.45. The molecule has 0 aromatic carbocycles. The maximum Gasteiger partial charge on any atom is 1.00 e. The van der Waals surface area contributed by atoms with Crippen molar-refractivity contribution >= 4 is 11.8 Å². The van der Waals surface area contributed by atoms with Gasteiger partial charge in [0.15, 0.2) is 0 Å². The maximum absolute atomic E-state index is 9.00. The number of rotatable bonds is 2. The Morgan fingerprint density at radius 2 is 2.05 bits per heavy atom. The molecule has 1 fully saturated rings. The Balaban J connectivity index is 0.000000576. The Hall–Kier alpha value is -0.890. The van der Waals surface area contributed by atoms with Crippen molar-refractivity contribution in [2.75, 3.05) is 38.3 Å². The molecule has 1 N–H and O–H groups in total. The van der Waals surface area contributed by atoms with E-state index >= 15 is 0 Å². The minimum Gasteiger partial charge on any atom is -0.537 e. The van der Waals surface area contributed by atoms with Crippen LogP contribution in [0.15, 0.2) is 6.07 Å². The van der Waals surface area contributed by atoms with Crippen LogP contribution in [-0.4, -0.2) is 54.5 Å². The number of methoxy groups -OCH3 is 1. The molecule has 1 aliphatic rings. The summed E-state index contributed by atoms with van der Waals surface area (Å²) in [6.07, 6.45) is 2.57. The molecule has 1 aromatic rings. The summed E-state index contributed by atoms with van der Waals surface area (Å²) in [6.45, 7) is 4.28. The van der Waals surface area contributed by atoms with E-state index in [2.05, 4.69) is 21.2 Å². The number of carboxylic acid groups (broad SMARTS) is 1. The number of hydrogen-bond donors (Lipinski definition) is 1. The van der Waals surface area contributed by atoms with Crippen molar-refractivity contribution < 1.29 is 48.9 Å². The van der Waals surface area contributed by atoms with E-state index in [1.54, 1.807) is 7.11 Å². The predicted octanol–water partition coefficient (Wildman–Crippen LogP) is -2.78. The van der Waals surface area contributed by atoms with Crippen LogP contribution in [0.25, 0.3) is 0 Å². The normalized spacial score (nSPS) is 13.7. The number of aromatic nitrogens is 2. The maximum atomic E-state index is 9.00. The van der Waals surface area contributed by atoms with Gasteiger partial charge < -0.3 is 29.4 Å². The zero-order valence-corrected chi connectivity index (χ0v) is 13.4. The first-order valence-corrected chi connectivity index (χ1v) is 5.45. The van der Waals surface area contributed by atoms with Crippen LogP contribution in [0, 0.1) is 6.33 Å². The van der Waals surface area contributed by atoms with Crippen LogP contribution in [-0.2, 0) is 9.53 Å². The first-order chi connectivity index (χ1) is 8.63. The zero-order chi connectivity index (χ0) is 13.4. The Morgan fingerprint density at radius 1 is 1.47 bits per heavy atom. The van der Waals surface area contributed by atoms with E-state index in [4.69, 9.17) is 19.4 Å². The van der Waals surface area contributed by atoms with Crippen LogP contribution in [0.5, 0.6) is 5.88 Å². The molecule has 0 atom stereocenters. The molecule has 0 spiro atoms. The summed E-state index contributed by atoms with van der Waals surface area (Å²) < 4.78 is 10.3. The number of morpholine rings is 1. The van der Waals surface area contributed by atoms with Crippen LogP contribution in [0.2, 0.25) is 0 Å². The monoisotopic (exact) mass is 277 g/mol. The van der Waals surface area contributed by atoms with E-state index in [1.165, 1.54) is 0 Å². The molecule has 1 aromatic heterocycles. The van der Waals surface area contributed by atoms with Gasteiger partial charge in [0.05, 0.1) is 20.3 Å². The van der Waals surface area contributed by atoms with Crippen LogP contribution >= 0.6 is 0 Å². The SMILES string of the molecule is CC(=O)O.COc1cc(N2CCOCC2)n[c-]n1.[Na+]. The molecule has 2 rings (SSSR count). The quantitative estimate of drug-likeness (QED) is 0.462. The van der Waals surface area contributed by atoms with Gasteiger partial charge in [-0.05, 0) is 0 Å². The van der Waals surface area contributed by atoms with Gasteiger partial charge >= 0.3 is 29.6 Å². The van der Waals surface area contributed by atoms with Crippen LogP contribution in [0.3, 0.4) is 0 Å². The van der Waals surface area contributed by atoms with Gasteiger partial charge in [-0.1, -0.05) is 6.07 Å². The van der Waals surface area contributed by atoms with Gasteiger partial charge in [-0.25, -0.2) is 0 Å². The minimum atomic E-state index is -0.833. The van der Waals surface area contributed by atoms with Crippen molar-refractivity contribution in [3.8, 4) is 5.88 Å². The summed E-state index contributed by atoms with van der Waals surface area (Å²) >= 11 is 0. The van der Waals surface area contributed by atoms with Crippen molar-refractivity contribution in [3.63, 3.8) is 0 Å². The molecule has 8 heteroatoms. The smallest absolute Gasteiger partial charge is 0.537 e. The number of anilines is 1. The van der Waals surface area contributed by atoms with Gasteiger partial charge in [0.25, 0.3) is 5.97 Å². The van der Waals surface area contributed by atoms with Gasteiger partial charge in [-0.3, -0.25) is 4.79 Å². The molecule has 0 saturated carbocycles. The third-order valence-electron chi connectivity index (χ3n) is 2.12. The molecule has 1 aliphatic heterocycles. The van der Waals surface area contributed by atoms with Gasteiger partial charge in [0, 0.05) is 32.2 Å². The molecular formula is C11H16N3NaO4. The average molecular weight is 277 g/mol. The number of aliphatic carboxylic acids is 1. The Kier molecular flexibility index (Phi) is 9.50. The molecule has 0 amide bonds. The molecular weight excluding hydrogens is 261 g/mol. The number of hydrogen-bond acceptors (Lipinski definition) is 6. The van der Waals surface area contributed by atoms with Gasteiger partial charge in [0.1, 0.15) is 5.88 Å². The number of carbonyl (C=O) groups is 1. The fourth-order valence-corrected chi connectivity index (χ4v) is 1.36. The van der Waals surface area contributed by atoms with Crippen molar-refractivity contribution in [3.05, 3.63) is 12.4 Å². The van der Waals surface area contributed by atoms with Crippen LogP contribution in [0.4, 0.5) is 5.82 Å². The van der Waals surface area contributed by atoms with Crippen molar-refractivity contribution in [2.45, 2.75) is 6.92 Å². The minimum absolute atomic E-state index is 0. The van der Waals surface area contributed by atoms with Crippen LogP contribution < -0.4 is 39.2 Å². The summed E-state index contributed by atoms with van der Waals surface area (Å²) in [5.41, 5.74) is 0. The molecule has 0 aliphatic carbocycles. The van der Waals surface area contributed by atoms with E-state index < -0.39 is 5.97 Å². The Labute approximate surface area is 134 Å². The van der Waals surface area contributed by atoms with Gasteiger partial charge in [0.2, 0.25) is 0 Å². The fraction of sp³-hybridized carbons (Fsp3) is 0.545. The van der Waals surface area contributed by atoms with E-state index in [1.807, 2.05) is 6.07 Å². The second-order valence-corrected chi connectivity index (χ2v) is 3.49. The summed E-state index contributed by atoms with van der Waals surface area (Å²) in [5, 5.41) is 7.42. The summed E-state index contributed by atoms with van der Waals surface area (Å²) in [6, 6.07) is 1.81. The second kappa shape index (κ2) is 9.96. The van der Waals surface area contributed by atoms with E-state index in [0.717, 1.165) is 39.0 Å². The van der Waals surface area contributed by atoms with Crippen molar-refractivity contribution in [2.24, 2.45) is 0 Å². The molecule has 0 radical (unpaired) electrons. The fourth-order valence-electron chi connectivity index (χ4n) is 1.36. The summed E-state index contributed by atoms with van der Waals surface area (Å²) in [7, 11) is 1.58. The first kappa shape index (κ1) is 18.1. The molecule has 2 heterocycles.